The first-order chi connectivity index (χ1) is 17.9. The van der Waals surface area contributed by atoms with E-state index in [2.05, 4.69) is 63.8 Å². The molecule has 2 aromatic carbocycles. The average molecular weight is 505 g/mol. The first-order valence-corrected chi connectivity index (χ1v) is 12.8. The number of unbranched alkanes of at least 4 members (excludes halogenated alkanes) is 1. The number of carboxylic acid groups (broad SMARTS) is 1. The molecule has 0 aliphatic carbocycles. The first-order valence-electron chi connectivity index (χ1n) is 12.8. The molecule has 0 saturated carbocycles. The van der Waals surface area contributed by atoms with Crippen molar-refractivity contribution in [3.8, 4) is 17.1 Å². The number of aryl methyl sites for hydroxylation is 1. The number of rotatable bonds is 11. The highest BCUT2D eigenvalue weighted by atomic mass is 16.4. The Balaban J connectivity index is 1.55. The highest BCUT2D eigenvalue weighted by Gasteiger charge is 2.34. The molecule has 9 heteroatoms. The number of tetrazole rings is 1. The van der Waals surface area contributed by atoms with Crippen LogP contribution in [0.3, 0.4) is 0 Å². The SMILES string of the molecule is C=CCN1C[C@H](C)N(C(c2ccc(-c3nnn(CCCCC(=O)O)n3)cc2)c2cccc(O)c2)C[C@H]1C. The van der Waals surface area contributed by atoms with Crippen molar-refractivity contribution in [1.29, 1.82) is 0 Å². The second-order valence-electron chi connectivity index (χ2n) is 9.82. The van der Waals surface area contributed by atoms with Gasteiger partial charge >= 0.3 is 5.97 Å². The molecule has 37 heavy (non-hydrogen) atoms. The van der Waals surface area contributed by atoms with E-state index in [4.69, 9.17) is 5.11 Å². The van der Waals surface area contributed by atoms with Gasteiger partial charge in [-0.1, -0.05) is 42.5 Å². The van der Waals surface area contributed by atoms with Crippen molar-refractivity contribution in [2.45, 2.75) is 57.8 Å². The summed E-state index contributed by atoms with van der Waals surface area (Å²) >= 11 is 0. The molecule has 9 nitrogen and oxygen atoms in total. The van der Waals surface area contributed by atoms with Crippen LogP contribution in [-0.4, -0.2) is 77.9 Å². The summed E-state index contributed by atoms with van der Waals surface area (Å²) in [6.45, 7) is 11.7. The van der Waals surface area contributed by atoms with Gasteiger partial charge in [0.2, 0.25) is 5.82 Å². The van der Waals surface area contributed by atoms with Gasteiger partial charge in [-0.15, -0.1) is 16.8 Å². The lowest BCUT2D eigenvalue weighted by molar-refractivity contribution is -0.137. The quantitative estimate of drug-likeness (QED) is 0.298. The minimum Gasteiger partial charge on any atom is -0.508 e. The third kappa shape index (κ3) is 6.61. The molecule has 196 valence electrons. The maximum atomic E-state index is 10.7. The van der Waals surface area contributed by atoms with Crippen LogP contribution in [-0.2, 0) is 11.3 Å². The molecule has 0 spiro atoms. The zero-order chi connectivity index (χ0) is 26.4. The summed E-state index contributed by atoms with van der Waals surface area (Å²) in [5.41, 5.74) is 3.05. The van der Waals surface area contributed by atoms with Crippen molar-refractivity contribution in [1.82, 2.24) is 30.0 Å². The molecule has 1 aromatic heterocycles. The fourth-order valence-electron chi connectivity index (χ4n) is 5.07. The van der Waals surface area contributed by atoms with Gasteiger partial charge in [-0.25, -0.2) is 0 Å². The summed E-state index contributed by atoms with van der Waals surface area (Å²) in [6, 6.07) is 16.4. The molecule has 1 aliphatic rings. The Hall–Kier alpha value is -3.56. The van der Waals surface area contributed by atoms with E-state index in [-0.39, 0.29) is 18.2 Å². The second kappa shape index (κ2) is 12.1. The van der Waals surface area contributed by atoms with E-state index in [1.807, 2.05) is 30.3 Å². The monoisotopic (exact) mass is 504 g/mol. The van der Waals surface area contributed by atoms with Crippen LogP contribution in [0, 0.1) is 0 Å². The van der Waals surface area contributed by atoms with Crippen molar-refractivity contribution < 1.29 is 15.0 Å². The van der Waals surface area contributed by atoms with Crippen molar-refractivity contribution in [2.75, 3.05) is 19.6 Å². The van der Waals surface area contributed by atoms with Crippen molar-refractivity contribution in [3.05, 3.63) is 72.3 Å². The van der Waals surface area contributed by atoms with Gasteiger partial charge in [0.25, 0.3) is 0 Å². The van der Waals surface area contributed by atoms with Crippen LogP contribution >= 0.6 is 0 Å². The fourth-order valence-corrected chi connectivity index (χ4v) is 5.07. The van der Waals surface area contributed by atoms with Crippen LogP contribution in [0.15, 0.2) is 61.2 Å². The maximum absolute atomic E-state index is 10.7. The van der Waals surface area contributed by atoms with Gasteiger partial charge in [0.05, 0.1) is 12.6 Å². The summed E-state index contributed by atoms with van der Waals surface area (Å²) in [6.07, 6.45) is 3.37. The van der Waals surface area contributed by atoms with Gasteiger partial charge < -0.3 is 10.2 Å². The second-order valence-corrected chi connectivity index (χ2v) is 9.82. The number of carboxylic acids is 1. The van der Waals surface area contributed by atoms with Gasteiger partial charge in [-0.05, 0) is 55.2 Å². The predicted octanol–water partition coefficient (Wildman–Crippen LogP) is 3.97. The van der Waals surface area contributed by atoms with Crippen molar-refractivity contribution in [2.24, 2.45) is 0 Å². The highest BCUT2D eigenvalue weighted by molar-refractivity contribution is 5.66. The molecule has 3 atom stereocenters. The Kier molecular flexibility index (Phi) is 8.68. The number of carbonyl (C=O) groups is 1. The van der Waals surface area contributed by atoms with Gasteiger partial charge in [-0.2, -0.15) is 4.80 Å². The van der Waals surface area contributed by atoms with E-state index < -0.39 is 5.97 Å². The van der Waals surface area contributed by atoms with Crippen molar-refractivity contribution in [3.63, 3.8) is 0 Å². The van der Waals surface area contributed by atoms with Crippen LogP contribution in [0.2, 0.25) is 0 Å². The summed E-state index contributed by atoms with van der Waals surface area (Å²) in [4.78, 5) is 17.2. The van der Waals surface area contributed by atoms with Gasteiger partial charge in [0.15, 0.2) is 0 Å². The lowest BCUT2D eigenvalue weighted by Crippen LogP contribution is -2.57. The lowest BCUT2D eigenvalue weighted by atomic mass is 9.92. The number of aliphatic carboxylic acids is 1. The Bertz CT molecular complexity index is 1190. The van der Waals surface area contributed by atoms with Crippen LogP contribution in [0.25, 0.3) is 11.4 Å². The lowest BCUT2D eigenvalue weighted by Gasteiger charge is -2.47. The average Bonchev–Trinajstić information content (AvgIpc) is 3.34. The highest BCUT2D eigenvalue weighted by Crippen LogP contribution is 2.35. The molecule has 0 radical (unpaired) electrons. The molecule has 1 saturated heterocycles. The number of hydrogen-bond donors (Lipinski definition) is 2. The molecule has 3 aromatic rings. The van der Waals surface area contributed by atoms with Gasteiger partial charge in [-0.3, -0.25) is 14.6 Å². The van der Waals surface area contributed by atoms with E-state index in [1.54, 1.807) is 6.07 Å². The number of phenolic OH excluding ortho intramolecular Hbond substituents is 1. The van der Waals surface area contributed by atoms with Gasteiger partial charge in [0, 0.05) is 43.7 Å². The summed E-state index contributed by atoms with van der Waals surface area (Å²) < 4.78 is 0. The van der Waals surface area contributed by atoms with E-state index in [0.717, 1.165) is 36.3 Å². The molecule has 1 fully saturated rings. The van der Waals surface area contributed by atoms with Crippen LogP contribution < -0.4 is 0 Å². The fraction of sp³-hybridized carbons (Fsp3) is 0.429. The number of phenols is 1. The summed E-state index contributed by atoms with van der Waals surface area (Å²) in [5.74, 6) is 0.00634. The van der Waals surface area contributed by atoms with E-state index in [9.17, 15) is 9.90 Å². The molecule has 0 bridgehead atoms. The third-order valence-electron chi connectivity index (χ3n) is 6.98. The van der Waals surface area contributed by atoms with E-state index in [1.165, 1.54) is 4.80 Å². The Morgan fingerprint density at radius 3 is 2.59 bits per heavy atom. The molecule has 2 N–H and O–H groups in total. The van der Waals surface area contributed by atoms with Crippen molar-refractivity contribution >= 4 is 5.97 Å². The molecule has 4 rings (SSSR count). The number of nitrogens with zero attached hydrogens (tertiary/aromatic N) is 6. The first kappa shape index (κ1) is 26.5. The minimum absolute atomic E-state index is 0.0117. The van der Waals surface area contributed by atoms with Crippen LogP contribution in [0.1, 0.15) is 50.3 Å². The Morgan fingerprint density at radius 2 is 1.89 bits per heavy atom. The normalized spacial score (nSPS) is 19.5. The molecular weight excluding hydrogens is 468 g/mol. The number of piperazine rings is 1. The largest absolute Gasteiger partial charge is 0.508 e. The zero-order valence-electron chi connectivity index (χ0n) is 21.6. The number of aromatic hydroxyl groups is 1. The summed E-state index contributed by atoms with van der Waals surface area (Å²) in [5, 5.41) is 31.8. The minimum atomic E-state index is -0.793. The number of aromatic nitrogens is 4. The smallest absolute Gasteiger partial charge is 0.303 e. The third-order valence-corrected chi connectivity index (χ3v) is 6.98. The zero-order valence-corrected chi connectivity index (χ0v) is 21.6. The van der Waals surface area contributed by atoms with Crippen LogP contribution in [0.5, 0.6) is 5.75 Å². The van der Waals surface area contributed by atoms with E-state index >= 15 is 0 Å². The molecule has 1 aliphatic heterocycles. The Labute approximate surface area is 218 Å². The predicted molar refractivity (Wildman–Crippen MR) is 142 cm³/mol. The maximum Gasteiger partial charge on any atom is 0.303 e. The van der Waals surface area contributed by atoms with E-state index in [0.29, 0.717) is 37.3 Å². The Morgan fingerprint density at radius 1 is 1.11 bits per heavy atom. The topological polar surface area (TPSA) is 108 Å². The molecule has 2 heterocycles. The molecule has 0 amide bonds. The van der Waals surface area contributed by atoms with Crippen LogP contribution in [0.4, 0.5) is 0 Å². The molecular formula is C28H36N6O3. The summed E-state index contributed by atoms with van der Waals surface area (Å²) in [7, 11) is 0. The number of hydrogen-bond acceptors (Lipinski definition) is 7. The number of benzene rings is 2. The van der Waals surface area contributed by atoms with Gasteiger partial charge in [0.1, 0.15) is 5.75 Å². The standard InChI is InChI=1S/C28H36N6O3/c1-4-15-32-18-21(3)33(19-20(32)2)27(24-8-7-9-25(35)17-24)22-11-13-23(14-12-22)28-29-31-34(30-28)16-6-5-10-26(36)37/h4,7-9,11-14,17,20-21,27,35H,1,5-6,10,15-16,18-19H2,2-3H3,(H,36,37)/t20-,21+,27?/m1/s1. The molecule has 1 unspecified atom stereocenters.